The highest BCUT2D eigenvalue weighted by Gasteiger charge is 2.31. The number of fused-ring (bicyclic) bond motifs is 1. The first-order valence-corrected chi connectivity index (χ1v) is 10.6. The molecule has 1 fully saturated rings. The van der Waals surface area contributed by atoms with Crippen molar-refractivity contribution in [2.24, 2.45) is 7.05 Å². The molecule has 30 heavy (non-hydrogen) atoms. The number of imide groups is 1. The molecule has 8 heteroatoms. The number of nitrogens with one attached hydrogen (secondary N) is 1. The molecule has 162 valence electrons. The maximum absolute atomic E-state index is 12.9. The fourth-order valence-corrected chi connectivity index (χ4v) is 4.25. The number of nitrogens with zero attached hydrogens (tertiary/aromatic N) is 2. The molecular formula is C22H29N3O5. The molecule has 1 aliphatic rings. The van der Waals surface area contributed by atoms with Gasteiger partial charge in [0, 0.05) is 19.9 Å². The third kappa shape index (κ3) is 4.80. The number of aromatic nitrogens is 2. The minimum Gasteiger partial charge on any atom is -0.481 e. The predicted molar refractivity (Wildman–Crippen MR) is 112 cm³/mol. The van der Waals surface area contributed by atoms with E-state index in [1.54, 1.807) is 11.6 Å². The van der Waals surface area contributed by atoms with Crippen molar-refractivity contribution < 1.29 is 19.5 Å². The summed E-state index contributed by atoms with van der Waals surface area (Å²) in [5.74, 6) is -1.46. The highest BCUT2D eigenvalue weighted by atomic mass is 16.4. The highest BCUT2D eigenvalue weighted by Crippen LogP contribution is 2.26. The number of imidazole rings is 1. The quantitative estimate of drug-likeness (QED) is 0.458. The van der Waals surface area contributed by atoms with Crippen LogP contribution in [0.2, 0.25) is 0 Å². The fraction of sp³-hybridized carbons (Fsp3) is 0.545. The number of carbonyl (C=O) groups excluding carboxylic acids is 2. The minimum atomic E-state index is -0.738. The van der Waals surface area contributed by atoms with Gasteiger partial charge in [0.1, 0.15) is 6.04 Å². The second-order valence-electron chi connectivity index (χ2n) is 7.98. The van der Waals surface area contributed by atoms with Gasteiger partial charge in [-0.3, -0.25) is 28.8 Å². The fourth-order valence-electron chi connectivity index (χ4n) is 4.25. The van der Waals surface area contributed by atoms with Crippen molar-refractivity contribution in [2.45, 2.75) is 70.3 Å². The minimum absolute atomic E-state index is 0.228. The number of piperidine rings is 1. The molecule has 2 N–H and O–H groups in total. The van der Waals surface area contributed by atoms with Crippen LogP contribution in [-0.2, 0) is 27.9 Å². The number of carboxylic acid groups (broad SMARTS) is 1. The summed E-state index contributed by atoms with van der Waals surface area (Å²) in [6.45, 7) is 0. The lowest BCUT2D eigenvalue weighted by atomic mass is 10.0. The van der Waals surface area contributed by atoms with Crippen molar-refractivity contribution in [3.8, 4) is 0 Å². The van der Waals surface area contributed by atoms with Gasteiger partial charge in [0.05, 0.1) is 11.0 Å². The van der Waals surface area contributed by atoms with Crippen molar-refractivity contribution in [3.63, 3.8) is 0 Å². The Labute approximate surface area is 174 Å². The van der Waals surface area contributed by atoms with Crippen LogP contribution in [0.5, 0.6) is 0 Å². The van der Waals surface area contributed by atoms with Gasteiger partial charge in [0.25, 0.3) is 0 Å². The molecule has 2 heterocycles. The molecule has 0 spiro atoms. The Morgan fingerprint density at radius 2 is 1.80 bits per heavy atom. The number of unbranched alkanes of at least 4 members (excludes halogenated alkanes) is 5. The number of carboxylic acids is 1. The summed E-state index contributed by atoms with van der Waals surface area (Å²) in [6, 6.07) is 5.11. The Kier molecular flexibility index (Phi) is 7.07. The van der Waals surface area contributed by atoms with Gasteiger partial charge in [-0.05, 0) is 37.3 Å². The number of hydrogen-bond acceptors (Lipinski definition) is 4. The summed E-state index contributed by atoms with van der Waals surface area (Å²) in [6.07, 6.45) is 7.41. The average Bonchev–Trinajstić information content (AvgIpc) is 2.95. The van der Waals surface area contributed by atoms with E-state index in [1.165, 1.54) is 4.57 Å². The summed E-state index contributed by atoms with van der Waals surface area (Å²) in [7, 11) is 1.72. The monoisotopic (exact) mass is 415 g/mol. The van der Waals surface area contributed by atoms with Gasteiger partial charge >= 0.3 is 11.7 Å². The van der Waals surface area contributed by atoms with Crippen LogP contribution in [0, 0.1) is 0 Å². The molecule has 1 aliphatic heterocycles. The molecule has 2 aromatic rings. The highest BCUT2D eigenvalue weighted by molar-refractivity contribution is 6.00. The number of aryl methyl sites for hydroxylation is 2. The maximum Gasteiger partial charge on any atom is 0.329 e. The summed E-state index contributed by atoms with van der Waals surface area (Å²) in [4.78, 5) is 47.2. The summed E-state index contributed by atoms with van der Waals surface area (Å²) in [5, 5.41) is 11.0. The largest absolute Gasteiger partial charge is 0.481 e. The zero-order chi connectivity index (χ0) is 21.7. The van der Waals surface area contributed by atoms with Crippen LogP contribution in [0.3, 0.4) is 0 Å². The first kappa shape index (κ1) is 21.8. The van der Waals surface area contributed by atoms with Crippen LogP contribution >= 0.6 is 0 Å². The van der Waals surface area contributed by atoms with E-state index in [0.29, 0.717) is 6.42 Å². The number of aliphatic carboxylic acids is 1. The maximum atomic E-state index is 12.9. The summed E-state index contributed by atoms with van der Waals surface area (Å²) in [5.41, 5.74) is 2.39. The van der Waals surface area contributed by atoms with Crippen molar-refractivity contribution in [3.05, 3.63) is 34.2 Å². The SMILES string of the molecule is Cn1c(=O)n(C2CCC(=O)NC2=O)c2cccc(CCCCCCCCC(=O)O)c21. The number of para-hydroxylation sites is 1. The molecule has 1 saturated heterocycles. The lowest BCUT2D eigenvalue weighted by molar-refractivity contribution is -0.137. The second kappa shape index (κ2) is 9.73. The lowest BCUT2D eigenvalue weighted by Crippen LogP contribution is -2.44. The number of amides is 2. The van der Waals surface area contributed by atoms with E-state index in [0.717, 1.165) is 61.5 Å². The normalized spacial score (nSPS) is 16.8. The standard InChI is InChI=1S/C22H29N3O5/c1-24-20-15(9-6-4-2-3-5-7-12-19(27)28)10-8-11-16(20)25(22(24)30)17-13-14-18(26)23-21(17)29/h8,10-11,17H,2-7,9,12-14H2,1H3,(H,27,28)(H,23,26,29). The van der Waals surface area contributed by atoms with Gasteiger partial charge in [-0.25, -0.2) is 4.79 Å². The number of benzene rings is 1. The van der Waals surface area contributed by atoms with Gasteiger partial charge < -0.3 is 5.11 Å². The zero-order valence-electron chi connectivity index (χ0n) is 17.4. The molecule has 0 saturated carbocycles. The van der Waals surface area contributed by atoms with E-state index in [-0.39, 0.29) is 24.4 Å². The summed E-state index contributed by atoms with van der Waals surface area (Å²) < 4.78 is 3.11. The topological polar surface area (TPSA) is 110 Å². The Bertz CT molecular complexity index is 1000. The molecule has 1 unspecified atom stereocenters. The van der Waals surface area contributed by atoms with E-state index in [4.69, 9.17) is 5.11 Å². The van der Waals surface area contributed by atoms with E-state index >= 15 is 0 Å². The lowest BCUT2D eigenvalue weighted by Gasteiger charge is -2.21. The van der Waals surface area contributed by atoms with E-state index < -0.39 is 17.9 Å². The molecule has 3 rings (SSSR count). The van der Waals surface area contributed by atoms with Crippen molar-refractivity contribution in [1.82, 2.24) is 14.5 Å². The van der Waals surface area contributed by atoms with Crippen LogP contribution in [0.15, 0.2) is 23.0 Å². The zero-order valence-corrected chi connectivity index (χ0v) is 17.4. The molecule has 0 radical (unpaired) electrons. The smallest absolute Gasteiger partial charge is 0.329 e. The molecule has 8 nitrogen and oxygen atoms in total. The Balaban J connectivity index is 1.67. The molecular weight excluding hydrogens is 386 g/mol. The number of carbonyl (C=O) groups is 3. The van der Waals surface area contributed by atoms with Crippen molar-refractivity contribution >= 4 is 28.8 Å². The van der Waals surface area contributed by atoms with Gasteiger partial charge in [-0.1, -0.05) is 37.8 Å². The van der Waals surface area contributed by atoms with Crippen LogP contribution in [0.25, 0.3) is 11.0 Å². The van der Waals surface area contributed by atoms with Crippen LogP contribution in [0.4, 0.5) is 0 Å². The van der Waals surface area contributed by atoms with Crippen LogP contribution in [-0.4, -0.2) is 32.0 Å². The van der Waals surface area contributed by atoms with Gasteiger partial charge in [0.2, 0.25) is 11.8 Å². The number of rotatable bonds is 10. The molecule has 1 atom stereocenters. The third-order valence-corrected chi connectivity index (χ3v) is 5.79. The Hall–Kier alpha value is -2.90. The van der Waals surface area contributed by atoms with Crippen LogP contribution < -0.4 is 11.0 Å². The first-order chi connectivity index (χ1) is 14.4. The molecule has 0 bridgehead atoms. The van der Waals surface area contributed by atoms with Gasteiger partial charge in [-0.2, -0.15) is 0 Å². The molecule has 2 amide bonds. The average molecular weight is 415 g/mol. The predicted octanol–water partition coefficient (Wildman–Crippen LogP) is 2.68. The van der Waals surface area contributed by atoms with Crippen molar-refractivity contribution in [1.29, 1.82) is 0 Å². The molecule has 1 aromatic heterocycles. The first-order valence-electron chi connectivity index (χ1n) is 10.6. The second-order valence-corrected chi connectivity index (χ2v) is 7.98. The number of hydrogen-bond donors (Lipinski definition) is 2. The van der Waals surface area contributed by atoms with Crippen LogP contribution in [0.1, 0.15) is 69.4 Å². The molecule has 1 aromatic carbocycles. The summed E-state index contributed by atoms with van der Waals surface area (Å²) >= 11 is 0. The third-order valence-electron chi connectivity index (χ3n) is 5.79. The Morgan fingerprint density at radius 1 is 1.10 bits per heavy atom. The Morgan fingerprint density at radius 3 is 2.50 bits per heavy atom. The van der Waals surface area contributed by atoms with E-state index in [9.17, 15) is 19.2 Å². The van der Waals surface area contributed by atoms with Gasteiger partial charge in [-0.15, -0.1) is 0 Å². The van der Waals surface area contributed by atoms with E-state index in [2.05, 4.69) is 5.32 Å². The van der Waals surface area contributed by atoms with E-state index in [1.807, 2.05) is 18.2 Å². The van der Waals surface area contributed by atoms with Gasteiger partial charge in [0.15, 0.2) is 0 Å². The van der Waals surface area contributed by atoms with Crippen molar-refractivity contribution in [2.75, 3.05) is 0 Å². The molecule has 0 aliphatic carbocycles.